The quantitative estimate of drug-likeness (QED) is 0.586. The van der Waals surface area contributed by atoms with Crippen LogP contribution >= 0.6 is 0 Å². The first kappa shape index (κ1) is 22.6. The van der Waals surface area contributed by atoms with Gasteiger partial charge in [-0.3, -0.25) is 0 Å². The molecular formula is C24H27N5O4S. The van der Waals surface area contributed by atoms with Gasteiger partial charge in [0.1, 0.15) is 0 Å². The molecular weight excluding hydrogens is 454 g/mol. The molecule has 34 heavy (non-hydrogen) atoms. The van der Waals surface area contributed by atoms with Gasteiger partial charge in [-0.15, -0.1) is 0 Å². The molecule has 2 aliphatic heterocycles. The Hall–Kier alpha value is -3.21. The van der Waals surface area contributed by atoms with E-state index in [-0.39, 0.29) is 15.7 Å². The van der Waals surface area contributed by atoms with Crippen LogP contribution in [0.1, 0.15) is 0 Å². The molecule has 0 atom stereocenters. The van der Waals surface area contributed by atoms with Crippen LogP contribution in [0.5, 0.6) is 0 Å². The number of benzene rings is 2. The van der Waals surface area contributed by atoms with E-state index in [1.807, 2.05) is 18.2 Å². The van der Waals surface area contributed by atoms with Crippen LogP contribution in [0.15, 0.2) is 64.6 Å². The van der Waals surface area contributed by atoms with E-state index in [2.05, 4.69) is 19.8 Å². The van der Waals surface area contributed by atoms with Gasteiger partial charge in [-0.25, -0.2) is 18.4 Å². The Kier molecular flexibility index (Phi) is 6.36. The molecule has 1 aromatic heterocycles. The first-order chi connectivity index (χ1) is 16.5. The molecule has 3 aromatic rings. The van der Waals surface area contributed by atoms with E-state index in [0.29, 0.717) is 50.6 Å². The van der Waals surface area contributed by atoms with Gasteiger partial charge in [-0.2, -0.15) is 0 Å². The van der Waals surface area contributed by atoms with Gasteiger partial charge in [-0.1, -0.05) is 0 Å². The fourth-order valence-electron chi connectivity index (χ4n) is 4.19. The standard InChI is InChI=1S/C24H27N5O4S/c25-24-26-16-19(17-27-24)18-13-21(29-7-11-33-12-8-29)15-23(14-18)34(30,31)22-3-1-20(2-4-22)28-5-9-32-10-6-28/h1-4,13-17H,5-12H2,(H2,25,26,27). The Labute approximate surface area is 199 Å². The third-order valence-corrected chi connectivity index (χ3v) is 7.86. The number of aromatic nitrogens is 2. The first-order valence-electron chi connectivity index (χ1n) is 11.2. The van der Waals surface area contributed by atoms with Crippen LogP contribution in [-0.4, -0.2) is 71.0 Å². The lowest BCUT2D eigenvalue weighted by Crippen LogP contribution is -2.36. The zero-order valence-electron chi connectivity index (χ0n) is 18.8. The molecule has 5 rings (SSSR count). The van der Waals surface area contributed by atoms with Crippen LogP contribution < -0.4 is 15.5 Å². The number of nitrogens with two attached hydrogens (primary N) is 1. The Morgan fingerprint density at radius 2 is 1.26 bits per heavy atom. The van der Waals surface area contributed by atoms with Crippen LogP contribution in [0.25, 0.3) is 11.1 Å². The number of nitrogen functional groups attached to an aromatic ring is 1. The molecule has 3 heterocycles. The van der Waals surface area contributed by atoms with E-state index in [0.717, 1.165) is 24.5 Å². The van der Waals surface area contributed by atoms with Crippen molar-refractivity contribution in [3.05, 3.63) is 54.9 Å². The highest BCUT2D eigenvalue weighted by Gasteiger charge is 2.22. The highest BCUT2D eigenvalue weighted by atomic mass is 32.2. The van der Waals surface area contributed by atoms with E-state index in [1.54, 1.807) is 36.7 Å². The van der Waals surface area contributed by atoms with Gasteiger partial charge in [0.2, 0.25) is 15.8 Å². The van der Waals surface area contributed by atoms with Crippen LogP contribution in [0.4, 0.5) is 17.3 Å². The molecule has 0 radical (unpaired) electrons. The van der Waals surface area contributed by atoms with Gasteiger partial charge in [0.15, 0.2) is 0 Å². The van der Waals surface area contributed by atoms with Crippen molar-refractivity contribution in [2.75, 3.05) is 68.1 Å². The predicted octanol–water partition coefficient (Wildman–Crippen LogP) is 2.23. The average molecular weight is 482 g/mol. The molecule has 9 nitrogen and oxygen atoms in total. The Bertz CT molecular complexity index is 1240. The highest BCUT2D eigenvalue weighted by Crippen LogP contribution is 2.32. The number of sulfone groups is 1. The highest BCUT2D eigenvalue weighted by molar-refractivity contribution is 7.91. The largest absolute Gasteiger partial charge is 0.378 e. The summed E-state index contributed by atoms with van der Waals surface area (Å²) in [5.74, 6) is 0.168. The second-order valence-electron chi connectivity index (χ2n) is 8.24. The SMILES string of the molecule is Nc1ncc(-c2cc(N3CCOCC3)cc(S(=O)(=O)c3ccc(N4CCOCC4)cc3)c2)cn1. The molecule has 0 aliphatic carbocycles. The van der Waals surface area contributed by atoms with E-state index in [9.17, 15) is 8.42 Å². The van der Waals surface area contributed by atoms with Crippen molar-refractivity contribution in [1.82, 2.24) is 9.97 Å². The maximum Gasteiger partial charge on any atom is 0.219 e. The Morgan fingerprint density at radius 1 is 0.706 bits per heavy atom. The van der Waals surface area contributed by atoms with E-state index >= 15 is 0 Å². The lowest BCUT2D eigenvalue weighted by atomic mass is 10.1. The minimum Gasteiger partial charge on any atom is -0.378 e. The first-order valence-corrected chi connectivity index (χ1v) is 12.7. The summed E-state index contributed by atoms with van der Waals surface area (Å²) in [7, 11) is -3.75. The molecule has 178 valence electrons. The third-order valence-electron chi connectivity index (χ3n) is 6.11. The molecule has 2 N–H and O–H groups in total. The molecule has 2 saturated heterocycles. The summed E-state index contributed by atoms with van der Waals surface area (Å²) < 4.78 is 38.2. The van der Waals surface area contributed by atoms with Crippen molar-refractivity contribution in [2.45, 2.75) is 9.79 Å². The molecule has 2 fully saturated rings. The van der Waals surface area contributed by atoms with Crippen molar-refractivity contribution < 1.29 is 17.9 Å². The summed E-state index contributed by atoms with van der Waals surface area (Å²) in [4.78, 5) is 12.9. The third kappa shape index (κ3) is 4.70. The monoisotopic (exact) mass is 481 g/mol. The Morgan fingerprint density at radius 3 is 1.85 bits per heavy atom. The minimum atomic E-state index is -3.75. The maximum atomic E-state index is 13.7. The molecule has 0 bridgehead atoms. The fourth-order valence-corrected chi connectivity index (χ4v) is 5.51. The average Bonchev–Trinajstić information content (AvgIpc) is 2.90. The number of hydrogen-bond donors (Lipinski definition) is 1. The van der Waals surface area contributed by atoms with Gasteiger partial charge >= 0.3 is 0 Å². The minimum absolute atomic E-state index is 0.168. The summed E-state index contributed by atoms with van der Waals surface area (Å²) in [6.07, 6.45) is 3.21. The molecule has 2 aromatic carbocycles. The van der Waals surface area contributed by atoms with Crippen LogP contribution in [-0.2, 0) is 19.3 Å². The van der Waals surface area contributed by atoms with Crippen molar-refractivity contribution in [3.63, 3.8) is 0 Å². The molecule has 0 spiro atoms. The van der Waals surface area contributed by atoms with Gasteiger partial charge < -0.3 is 25.0 Å². The molecule has 0 saturated carbocycles. The Balaban J connectivity index is 1.52. The smallest absolute Gasteiger partial charge is 0.219 e. The summed E-state index contributed by atoms with van der Waals surface area (Å²) in [5.41, 5.74) is 8.87. The van der Waals surface area contributed by atoms with Crippen LogP contribution in [0.3, 0.4) is 0 Å². The number of hydrogen-bond acceptors (Lipinski definition) is 9. The number of anilines is 3. The van der Waals surface area contributed by atoms with Crippen molar-refractivity contribution in [1.29, 1.82) is 0 Å². The van der Waals surface area contributed by atoms with Gasteiger partial charge in [0.25, 0.3) is 0 Å². The lowest BCUT2D eigenvalue weighted by molar-refractivity contribution is 0.122. The fraction of sp³-hybridized carbons (Fsp3) is 0.333. The number of nitrogens with zero attached hydrogens (tertiary/aromatic N) is 4. The number of morpholine rings is 2. The summed E-state index contributed by atoms with van der Waals surface area (Å²) >= 11 is 0. The van der Waals surface area contributed by atoms with Crippen LogP contribution in [0.2, 0.25) is 0 Å². The maximum absolute atomic E-state index is 13.7. The van der Waals surface area contributed by atoms with Gasteiger partial charge in [0.05, 0.1) is 36.2 Å². The van der Waals surface area contributed by atoms with Crippen molar-refractivity contribution >= 4 is 27.2 Å². The zero-order valence-corrected chi connectivity index (χ0v) is 19.6. The van der Waals surface area contributed by atoms with Gasteiger partial charge in [0, 0.05) is 55.5 Å². The summed E-state index contributed by atoms with van der Waals surface area (Å²) in [6.45, 7) is 5.50. The number of ether oxygens (including phenoxy) is 2. The van der Waals surface area contributed by atoms with E-state index in [4.69, 9.17) is 15.2 Å². The van der Waals surface area contributed by atoms with Gasteiger partial charge in [-0.05, 0) is 48.0 Å². The summed E-state index contributed by atoms with van der Waals surface area (Å²) in [6, 6.07) is 12.4. The topological polar surface area (TPSA) is 111 Å². The normalized spacial score (nSPS) is 17.1. The number of rotatable bonds is 5. The zero-order chi connectivity index (χ0) is 23.5. The lowest BCUT2D eigenvalue weighted by Gasteiger charge is -2.29. The molecule has 0 unspecified atom stereocenters. The predicted molar refractivity (Wildman–Crippen MR) is 130 cm³/mol. The van der Waals surface area contributed by atoms with Crippen molar-refractivity contribution in [2.24, 2.45) is 0 Å². The van der Waals surface area contributed by atoms with Crippen molar-refractivity contribution in [3.8, 4) is 11.1 Å². The molecule has 10 heteroatoms. The molecule has 0 amide bonds. The van der Waals surface area contributed by atoms with E-state index in [1.165, 1.54) is 0 Å². The molecule has 2 aliphatic rings. The van der Waals surface area contributed by atoms with E-state index < -0.39 is 9.84 Å². The summed E-state index contributed by atoms with van der Waals surface area (Å²) in [5, 5.41) is 0. The van der Waals surface area contributed by atoms with Crippen LogP contribution in [0, 0.1) is 0 Å². The second-order valence-corrected chi connectivity index (χ2v) is 10.2. The second kappa shape index (κ2) is 9.57.